The monoisotopic (exact) mass is 289 g/mol. The predicted molar refractivity (Wildman–Crippen MR) is 87.2 cm³/mol. The van der Waals surface area contributed by atoms with Crippen LogP contribution < -0.4 is 5.32 Å². The minimum Gasteiger partial charge on any atom is -0.376 e. The molecule has 0 unspecified atom stereocenters. The van der Waals surface area contributed by atoms with Crippen LogP contribution in [0, 0.1) is 5.92 Å². The molecule has 0 spiro atoms. The molecule has 1 aliphatic heterocycles. The van der Waals surface area contributed by atoms with E-state index < -0.39 is 0 Å². The van der Waals surface area contributed by atoms with Gasteiger partial charge in [0, 0.05) is 38.9 Å². The van der Waals surface area contributed by atoms with Gasteiger partial charge in [0.15, 0.2) is 0 Å². The van der Waals surface area contributed by atoms with E-state index in [2.05, 4.69) is 49.2 Å². The van der Waals surface area contributed by atoms with Gasteiger partial charge in [-0.2, -0.15) is 0 Å². The second-order valence-electron chi connectivity index (χ2n) is 6.47. The van der Waals surface area contributed by atoms with Crippen molar-refractivity contribution in [1.82, 2.24) is 9.80 Å². The molecule has 116 valence electrons. The predicted octanol–water partition coefficient (Wildman–Crippen LogP) is 2.55. The summed E-state index contributed by atoms with van der Waals surface area (Å²) in [4.78, 5) is 15.9. The van der Waals surface area contributed by atoms with Crippen molar-refractivity contribution in [3.05, 3.63) is 29.3 Å². The van der Waals surface area contributed by atoms with Crippen LogP contribution in [0.15, 0.2) is 18.2 Å². The standard InChI is InChI=1S/C17H27N3O/c1-12(2)13(3)20-10-14-7-6-8-16(15(14)11-20)18-9-17(21)19(4)5/h6-8,12-13,18H,9-11H2,1-5H3/t13-/m0/s1. The molecule has 4 heteroatoms. The molecule has 0 bridgehead atoms. The molecule has 1 amide bonds. The maximum absolute atomic E-state index is 11.7. The van der Waals surface area contributed by atoms with Crippen LogP contribution in [0.25, 0.3) is 0 Å². The Labute approximate surface area is 128 Å². The van der Waals surface area contributed by atoms with Gasteiger partial charge in [-0.25, -0.2) is 0 Å². The van der Waals surface area contributed by atoms with E-state index in [1.807, 2.05) is 0 Å². The Morgan fingerprint density at radius 2 is 2.00 bits per heavy atom. The fourth-order valence-corrected chi connectivity index (χ4v) is 2.65. The number of benzene rings is 1. The van der Waals surface area contributed by atoms with Crippen LogP contribution in [0.3, 0.4) is 0 Å². The van der Waals surface area contributed by atoms with Gasteiger partial charge in [-0.1, -0.05) is 26.0 Å². The average Bonchev–Trinajstić information content (AvgIpc) is 2.87. The lowest BCUT2D eigenvalue weighted by Gasteiger charge is -2.27. The highest BCUT2D eigenvalue weighted by molar-refractivity contribution is 5.80. The van der Waals surface area contributed by atoms with Crippen molar-refractivity contribution < 1.29 is 4.79 Å². The lowest BCUT2D eigenvalue weighted by molar-refractivity contribution is -0.126. The molecule has 2 rings (SSSR count). The van der Waals surface area contributed by atoms with E-state index in [-0.39, 0.29) is 5.91 Å². The summed E-state index contributed by atoms with van der Waals surface area (Å²) in [5, 5.41) is 3.30. The Bertz CT molecular complexity index is 511. The maximum Gasteiger partial charge on any atom is 0.241 e. The third-order valence-electron chi connectivity index (χ3n) is 4.48. The molecule has 1 aliphatic rings. The molecular weight excluding hydrogens is 262 g/mol. The molecule has 0 saturated heterocycles. The van der Waals surface area contributed by atoms with Crippen molar-refractivity contribution in [2.45, 2.75) is 39.9 Å². The van der Waals surface area contributed by atoms with Crippen molar-refractivity contribution >= 4 is 11.6 Å². The van der Waals surface area contributed by atoms with E-state index in [0.717, 1.165) is 18.8 Å². The van der Waals surface area contributed by atoms with Crippen LogP contribution in [0.4, 0.5) is 5.69 Å². The SMILES string of the molecule is CC(C)[C@H](C)N1Cc2cccc(NCC(=O)N(C)C)c2C1. The Morgan fingerprint density at radius 1 is 1.29 bits per heavy atom. The van der Waals surface area contributed by atoms with Crippen molar-refractivity contribution in [1.29, 1.82) is 0 Å². The molecule has 0 saturated carbocycles. The van der Waals surface area contributed by atoms with Crippen LogP contribution in [-0.2, 0) is 17.9 Å². The highest BCUT2D eigenvalue weighted by Gasteiger charge is 2.26. The van der Waals surface area contributed by atoms with Gasteiger partial charge in [0.2, 0.25) is 5.91 Å². The van der Waals surface area contributed by atoms with Crippen molar-refractivity contribution in [2.24, 2.45) is 5.92 Å². The largest absolute Gasteiger partial charge is 0.376 e. The van der Waals surface area contributed by atoms with Crippen LogP contribution in [-0.4, -0.2) is 42.4 Å². The number of likely N-dealkylation sites (N-methyl/N-ethyl adjacent to an activating group) is 1. The first kappa shape index (κ1) is 15.8. The summed E-state index contributed by atoms with van der Waals surface area (Å²) >= 11 is 0. The Kier molecular flexibility index (Phi) is 4.88. The average molecular weight is 289 g/mol. The zero-order valence-corrected chi connectivity index (χ0v) is 13.8. The molecule has 1 heterocycles. The topological polar surface area (TPSA) is 35.6 Å². The summed E-state index contributed by atoms with van der Waals surface area (Å²) in [6.45, 7) is 9.15. The molecule has 1 N–H and O–H groups in total. The minimum atomic E-state index is 0.0954. The van der Waals surface area contributed by atoms with Gasteiger partial charge in [-0.15, -0.1) is 0 Å². The van der Waals surface area contributed by atoms with Gasteiger partial charge in [0.1, 0.15) is 0 Å². The summed E-state index contributed by atoms with van der Waals surface area (Å²) in [6.07, 6.45) is 0. The highest BCUT2D eigenvalue weighted by Crippen LogP contribution is 2.31. The molecule has 1 aromatic carbocycles. The van der Waals surface area contributed by atoms with E-state index in [9.17, 15) is 4.79 Å². The van der Waals surface area contributed by atoms with Gasteiger partial charge in [-0.3, -0.25) is 9.69 Å². The number of nitrogens with one attached hydrogen (secondary N) is 1. The third-order valence-corrected chi connectivity index (χ3v) is 4.48. The van der Waals surface area contributed by atoms with Gasteiger partial charge in [-0.05, 0) is 30.0 Å². The number of rotatable bonds is 5. The third kappa shape index (κ3) is 3.56. The Morgan fingerprint density at radius 3 is 2.62 bits per heavy atom. The molecule has 0 aromatic heterocycles. The van der Waals surface area contributed by atoms with Gasteiger partial charge >= 0.3 is 0 Å². The number of carbonyl (C=O) groups is 1. The zero-order valence-electron chi connectivity index (χ0n) is 13.8. The fourth-order valence-electron chi connectivity index (χ4n) is 2.65. The van der Waals surface area contributed by atoms with E-state index in [1.165, 1.54) is 11.1 Å². The first-order chi connectivity index (χ1) is 9.90. The molecule has 0 aliphatic carbocycles. The molecule has 21 heavy (non-hydrogen) atoms. The minimum absolute atomic E-state index is 0.0954. The second-order valence-corrected chi connectivity index (χ2v) is 6.47. The molecule has 0 radical (unpaired) electrons. The van der Waals surface area contributed by atoms with Crippen molar-refractivity contribution in [3.63, 3.8) is 0 Å². The van der Waals surface area contributed by atoms with Crippen molar-refractivity contribution in [2.75, 3.05) is 26.0 Å². The van der Waals surface area contributed by atoms with E-state index in [4.69, 9.17) is 0 Å². The van der Waals surface area contributed by atoms with Gasteiger partial charge < -0.3 is 10.2 Å². The van der Waals surface area contributed by atoms with Crippen LogP contribution in [0.5, 0.6) is 0 Å². The lowest BCUT2D eigenvalue weighted by Crippen LogP contribution is -2.32. The Balaban J connectivity index is 2.08. The van der Waals surface area contributed by atoms with Crippen LogP contribution in [0.1, 0.15) is 31.9 Å². The first-order valence-electron chi connectivity index (χ1n) is 7.69. The quantitative estimate of drug-likeness (QED) is 0.905. The number of fused-ring (bicyclic) bond motifs is 1. The summed E-state index contributed by atoms with van der Waals surface area (Å²) in [5.74, 6) is 0.740. The summed E-state index contributed by atoms with van der Waals surface area (Å²) < 4.78 is 0. The first-order valence-corrected chi connectivity index (χ1v) is 7.69. The van der Waals surface area contributed by atoms with Gasteiger partial charge in [0.25, 0.3) is 0 Å². The molecule has 0 fully saturated rings. The molecule has 1 atom stereocenters. The second kappa shape index (κ2) is 6.48. The number of nitrogens with zero attached hydrogens (tertiary/aromatic N) is 2. The lowest BCUT2D eigenvalue weighted by atomic mass is 10.1. The number of anilines is 1. The summed E-state index contributed by atoms with van der Waals surface area (Å²) in [6, 6.07) is 6.91. The maximum atomic E-state index is 11.7. The molecule has 4 nitrogen and oxygen atoms in total. The summed E-state index contributed by atoms with van der Waals surface area (Å²) in [5.41, 5.74) is 3.82. The zero-order chi connectivity index (χ0) is 15.6. The number of hydrogen-bond donors (Lipinski definition) is 1. The normalized spacial score (nSPS) is 15.9. The Hall–Kier alpha value is -1.55. The summed E-state index contributed by atoms with van der Waals surface area (Å²) in [7, 11) is 3.57. The smallest absolute Gasteiger partial charge is 0.241 e. The molecule has 1 aromatic rings. The van der Waals surface area contributed by atoms with Gasteiger partial charge in [0.05, 0.1) is 6.54 Å². The van der Waals surface area contributed by atoms with Crippen LogP contribution >= 0.6 is 0 Å². The van der Waals surface area contributed by atoms with E-state index in [0.29, 0.717) is 18.5 Å². The highest BCUT2D eigenvalue weighted by atomic mass is 16.2. The van der Waals surface area contributed by atoms with Crippen molar-refractivity contribution in [3.8, 4) is 0 Å². The number of amides is 1. The fraction of sp³-hybridized carbons (Fsp3) is 0.588. The number of carbonyl (C=O) groups excluding carboxylic acids is 1. The van der Waals surface area contributed by atoms with Crippen LogP contribution in [0.2, 0.25) is 0 Å². The van der Waals surface area contributed by atoms with E-state index >= 15 is 0 Å². The number of hydrogen-bond acceptors (Lipinski definition) is 3. The molecular formula is C17H27N3O. The van der Waals surface area contributed by atoms with E-state index in [1.54, 1.807) is 19.0 Å².